The molecule has 4 rings (SSSR count). The van der Waals surface area contributed by atoms with Crippen molar-refractivity contribution in [2.24, 2.45) is 5.92 Å². The third kappa shape index (κ3) is 4.79. The Hall–Kier alpha value is -2.11. The summed E-state index contributed by atoms with van der Waals surface area (Å²) in [6, 6.07) is 14.3. The Bertz CT molecular complexity index is 1040. The first kappa shape index (κ1) is 21.1. The Labute approximate surface area is 187 Å². The molecule has 156 valence electrons. The maximum atomic E-state index is 10.9. The van der Waals surface area contributed by atoms with Crippen LogP contribution >= 0.6 is 11.6 Å². The first-order valence-corrected chi connectivity index (χ1v) is 11.9. The van der Waals surface area contributed by atoms with Gasteiger partial charge in [-0.2, -0.15) is 0 Å². The monoisotopic (exact) mass is 490 g/mol. The van der Waals surface area contributed by atoms with Crippen molar-refractivity contribution in [2.75, 3.05) is 13.1 Å². The van der Waals surface area contributed by atoms with Crippen LogP contribution in [-0.2, 0) is 11.3 Å². The van der Waals surface area contributed by atoms with Gasteiger partial charge >= 0.3 is 187 Å². The molecule has 1 aliphatic rings. The van der Waals surface area contributed by atoms with Gasteiger partial charge in [0.05, 0.1) is 0 Å². The minimum absolute atomic E-state index is 0.0841. The van der Waals surface area contributed by atoms with Crippen LogP contribution in [0.2, 0.25) is 5.02 Å². The average Bonchev–Trinajstić information content (AvgIpc) is 3.16. The van der Waals surface area contributed by atoms with Crippen molar-refractivity contribution < 1.29 is 14.6 Å². The van der Waals surface area contributed by atoms with E-state index in [4.69, 9.17) is 21.4 Å². The molecule has 0 saturated carbocycles. The number of aliphatic carboxylic acids is 1. The predicted molar refractivity (Wildman–Crippen MR) is 119 cm³/mol. The standard InChI is InChI=1S/C23H23ClN2O3Se/c1-14(2)29-20-8-7-17(9-19(20)24)21-10-25-22(30-21)16-5-3-15(4-6-16)11-26-12-18(13-26)23(27)28/h3-10,14,18H,11-13H2,1-2H3,(H,27,28). The van der Waals surface area contributed by atoms with Gasteiger partial charge in [0.2, 0.25) is 0 Å². The Morgan fingerprint density at radius 2 is 1.93 bits per heavy atom. The first-order valence-electron chi connectivity index (χ1n) is 9.86. The van der Waals surface area contributed by atoms with Gasteiger partial charge in [0.25, 0.3) is 0 Å². The number of hydrogen-bond donors (Lipinski definition) is 1. The molecule has 0 unspecified atom stereocenters. The van der Waals surface area contributed by atoms with Crippen LogP contribution in [0.15, 0.2) is 48.7 Å². The van der Waals surface area contributed by atoms with Crippen LogP contribution in [0.1, 0.15) is 19.4 Å². The molecule has 30 heavy (non-hydrogen) atoms. The Morgan fingerprint density at radius 1 is 1.23 bits per heavy atom. The van der Waals surface area contributed by atoms with E-state index in [0.717, 1.165) is 22.2 Å². The predicted octanol–water partition coefficient (Wildman–Crippen LogP) is 4.43. The molecule has 5 nitrogen and oxygen atoms in total. The molecule has 1 N–H and O–H groups in total. The number of nitrogens with zero attached hydrogens (tertiary/aromatic N) is 2. The van der Waals surface area contributed by atoms with Crippen LogP contribution in [0.4, 0.5) is 0 Å². The number of likely N-dealkylation sites (tertiary alicyclic amines) is 1. The number of halogens is 1. The quantitative estimate of drug-likeness (QED) is 0.498. The van der Waals surface area contributed by atoms with Gasteiger partial charge in [0.15, 0.2) is 0 Å². The summed E-state index contributed by atoms with van der Waals surface area (Å²) in [5.41, 5.74) is 3.40. The Balaban J connectivity index is 1.43. The van der Waals surface area contributed by atoms with Crippen LogP contribution in [0.5, 0.6) is 5.75 Å². The molecule has 3 aromatic rings. The Morgan fingerprint density at radius 3 is 2.57 bits per heavy atom. The van der Waals surface area contributed by atoms with Gasteiger partial charge in [-0.15, -0.1) is 0 Å². The van der Waals surface area contributed by atoms with Crippen molar-refractivity contribution >= 4 is 32.1 Å². The van der Waals surface area contributed by atoms with Crippen molar-refractivity contribution in [1.82, 2.24) is 9.88 Å². The van der Waals surface area contributed by atoms with E-state index in [1.54, 1.807) is 0 Å². The number of aromatic nitrogens is 1. The van der Waals surface area contributed by atoms with Crippen molar-refractivity contribution in [3.05, 3.63) is 59.2 Å². The van der Waals surface area contributed by atoms with Crippen molar-refractivity contribution in [2.45, 2.75) is 26.5 Å². The van der Waals surface area contributed by atoms with Gasteiger partial charge in [-0.3, -0.25) is 0 Å². The van der Waals surface area contributed by atoms with Crippen molar-refractivity contribution in [1.29, 1.82) is 0 Å². The third-order valence-corrected chi connectivity index (χ3v) is 7.59. The Kier molecular flexibility index (Phi) is 6.30. The topological polar surface area (TPSA) is 62.7 Å². The SMILES string of the molecule is CC(C)Oc1ccc(-c2cnc(-c3ccc(CN4CC(C(=O)O)C4)cc3)[se]2)cc1Cl. The van der Waals surface area contributed by atoms with Gasteiger partial charge < -0.3 is 0 Å². The van der Waals surface area contributed by atoms with Crippen molar-refractivity contribution in [3.63, 3.8) is 0 Å². The number of carbonyl (C=O) groups is 1. The summed E-state index contributed by atoms with van der Waals surface area (Å²) in [6.07, 6.45) is 2.02. The fourth-order valence-electron chi connectivity index (χ4n) is 3.41. The number of carboxylic acid groups (broad SMARTS) is 1. The first-order chi connectivity index (χ1) is 14.4. The zero-order valence-electron chi connectivity index (χ0n) is 16.8. The summed E-state index contributed by atoms with van der Waals surface area (Å²) in [7, 11) is 0. The molecule has 2 heterocycles. The van der Waals surface area contributed by atoms with E-state index in [0.29, 0.717) is 23.9 Å². The summed E-state index contributed by atoms with van der Waals surface area (Å²) < 4.78 is 8.00. The zero-order valence-corrected chi connectivity index (χ0v) is 19.3. The number of rotatable bonds is 7. The second kappa shape index (κ2) is 8.94. The minimum atomic E-state index is -0.699. The summed E-state index contributed by atoms with van der Waals surface area (Å²) in [4.78, 5) is 17.7. The molecule has 1 aliphatic heterocycles. The molecule has 0 atom stereocenters. The molecule has 1 fully saturated rings. The van der Waals surface area contributed by atoms with Crippen LogP contribution in [0.3, 0.4) is 0 Å². The van der Waals surface area contributed by atoms with E-state index in [1.807, 2.05) is 38.2 Å². The van der Waals surface area contributed by atoms with Crippen LogP contribution in [0, 0.1) is 5.92 Å². The van der Waals surface area contributed by atoms with E-state index >= 15 is 0 Å². The molecule has 7 heteroatoms. The summed E-state index contributed by atoms with van der Waals surface area (Å²) in [6.45, 7) is 6.01. The van der Waals surface area contributed by atoms with E-state index < -0.39 is 5.97 Å². The fourth-order valence-corrected chi connectivity index (χ4v) is 5.56. The number of benzene rings is 2. The summed E-state index contributed by atoms with van der Waals surface area (Å²) in [5.74, 6) is -0.214. The summed E-state index contributed by atoms with van der Waals surface area (Å²) >= 11 is 6.50. The average molecular weight is 490 g/mol. The second-order valence-electron chi connectivity index (χ2n) is 7.77. The van der Waals surface area contributed by atoms with Crippen LogP contribution < -0.4 is 4.74 Å². The molecule has 1 aromatic heterocycles. The van der Waals surface area contributed by atoms with E-state index in [1.165, 1.54) is 10.0 Å². The second-order valence-corrected chi connectivity index (χ2v) is 10.3. The molecule has 0 spiro atoms. The molecular formula is C23H23ClN2O3Se. The number of hydrogen-bond acceptors (Lipinski definition) is 4. The van der Waals surface area contributed by atoms with E-state index in [-0.39, 0.29) is 26.5 Å². The normalized spacial score (nSPS) is 14.7. The summed E-state index contributed by atoms with van der Waals surface area (Å²) in [5, 5.41) is 9.60. The molecule has 0 bridgehead atoms. The molecule has 1 saturated heterocycles. The van der Waals surface area contributed by atoms with E-state index in [2.05, 4.69) is 34.1 Å². The third-order valence-electron chi connectivity index (χ3n) is 5.00. The van der Waals surface area contributed by atoms with E-state index in [9.17, 15) is 4.79 Å². The number of carboxylic acids is 1. The van der Waals surface area contributed by atoms with Gasteiger partial charge in [-0.05, 0) is 0 Å². The van der Waals surface area contributed by atoms with Gasteiger partial charge in [0.1, 0.15) is 0 Å². The molecule has 0 radical (unpaired) electrons. The van der Waals surface area contributed by atoms with Gasteiger partial charge in [-0.25, -0.2) is 0 Å². The van der Waals surface area contributed by atoms with Gasteiger partial charge in [0, 0.05) is 0 Å². The maximum absolute atomic E-state index is 10.9. The van der Waals surface area contributed by atoms with Crippen molar-refractivity contribution in [3.8, 4) is 25.9 Å². The zero-order chi connectivity index (χ0) is 21.3. The van der Waals surface area contributed by atoms with Gasteiger partial charge in [-0.1, -0.05) is 0 Å². The van der Waals surface area contributed by atoms with Crippen LogP contribution in [0.25, 0.3) is 20.1 Å². The number of ether oxygens (including phenoxy) is 1. The molecule has 0 amide bonds. The fraction of sp³-hybridized carbons (Fsp3) is 0.304. The molecule has 0 aliphatic carbocycles. The molecular weight excluding hydrogens is 467 g/mol. The van der Waals surface area contributed by atoms with Crippen LogP contribution in [-0.4, -0.2) is 54.7 Å². The molecule has 2 aromatic carbocycles.